The van der Waals surface area contributed by atoms with Gasteiger partial charge in [0, 0.05) is 6.54 Å². The Morgan fingerprint density at radius 1 is 1.39 bits per heavy atom. The summed E-state index contributed by atoms with van der Waals surface area (Å²) in [4.78, 5) is 19.1. The number of amides is 1. The second kappa shape index (κ2) is 8.06. The summed E-state index contributed by atoms with van der Waals surface area (Å²) in [6.45, 7) is 1.10. The monoisotopic (exact) mass is 431 g/mol. The summed E-state index contributed by atoms with van der Waals surface area (Å²) in [5.74, 6) is -0.639. The highest BCUT2D eigenvalue weighted by molar-refractivity contribution is 7.13. The maximum absolute atomic E-state index is 13.6. The van der Waals surface area contributed by atoms with E-state index in [0.717, 1.165) is 12.6 Å². The van der Waals surface area contributed by atoms with Crippen LogP contribution in [0.25, 0.3) is 16.2 Å². The molecule has 3 aromatic rings. The molecule has 0 radical (unpaired) electrons. The molecular formula is C17H17ClF3N5OS. The number of hydrogen-bond donors (Lipinski definition) is 1. The van der Waals surface area contributed by atoms with E-state index in [1.165, 1.54) is 11.3 Å². The number of halogens is 4. The lowest BCUT2D eigenvalue weighted by Crippen LogP contribution is -2.27. The van der Waals surface area contributed by atoms with Crippen LogP contribution in [-0.4, -0.2) is 52.6 Å². The molecule has 3 rings (SSSR count). The second-order valence-electron chi connectivity index (χ2n) is 6.31. The summed E-state index contributed by atoms with van der Waals surface area (Å²) in [6, 6.07) is 4.27. The summed E-state index contributed by atoms with van der Waals surface area (Å²) >= 11 is 7.44. The fourth-order valence-electron chi connectivity index (χ4n) is 2.57. The van der Waals surface area contributed by atoms with Gasteiger partial charge >= 0.3 is 6.18 Å². The SMILES string of the molecule is CN(C)CCCNC(=O)c1nn2c(C(F)(F)F)cc(-c3cccs3)nc2c1Cl. The molecule has 0 aliphatic heterocycles. The molecule has 0 aromatic carbocycles. The van der Waals surface area contributed by atoms with Gasteiger partial charge in [-0.25, -0.2) is 9.50 Å². The topological polar surface area (TPSA) is 62.5 Å². The molecule has 0 atom stereocenters. The Labute approximate surface area is 167 Å². The number of alkyl halides is 3. The van der Waals surface area contributed by atoms with E-state index in [1.54, 1.807) is 17.5 Å². The van der Waals surface area contributed by atoms with E-state index in [4.69, 9.17) is 11.6 Å². The van der Waals surface area contributed by atoms with Crippen molar-refractivity contribution in [3.63, 3.8) is 0 Å². The number of hydrogen-bond acceptors (Lipinski definition) is 5. The van der Waals surface area contributed by atoms with Crippen molar-refractivity contribution in [1.29, 1.82) is 0 Å². The maximum Gasteiger partial charge on any atom is 0.433 e. The van der Waals surface area contributed by atoms with Crippen molar-refractivity contribution in [2.45, 2.75) is 12.6 Å². The predicted molar refractivity (Wildman–Crippen MR) is 102 cm³/mol. The molecule has 0 bridgehead atoms. The molecule has 0 saturated carbocycles. The van der Waals surface area contributed by atoms with Gasteiger partial charge in [0.2, 0.25) is 0 Å². The summed E-state index contributed by atoms with van der Waals surface area (Å²) in [7, 11) is 3.80. The fraction of sp³-hybridized carbons (Fsp3) is 0.353. The Morgan fingerprint density at radius 3 is 2.75 bits per heavy atom. The molecule has 0 fully saturated rings. The minimum atomic E-state index is -4.69. The number of carbonyl (C=O) groups is 1. The Bertz CT molecular complexity index is 985. The third-order valence-electron chi connectivity index (χ3n) is 3.88. The number of aromatic nitrogens is 3. The normalized spacial score (nSPS) is 12.1. The smallest absolute Gasteiger partial charge is 0.351 e. The van der Waals surface area contributed by atoms with Gasteiger partial charge in [0.05, 0.1) is 10.6 Å². The van der Waals surface area contributed by atoms with Crippen molar-refractivity contribution in [2.24, 2.45) is 0 Å². The van der Waals surface area contributed by atoms with Crippen LogP contribution in [0.1, 0.15) is 22.6 Å². The lowest BCUT2D eigenvalue weighted by molar-refractivity contribution is -0.142. The number of nitrogens with zero attached hydrogens (tertiary/aromatic N) is 4. The Kier molecular flexibility index (Phi) is 5.92. The number of thiophene rings is 1. The first-order valence-electron chi connectivity index (χ1n) is 8.31. The number of fused-ring (bicyclic) bond motifs is 1. The standard InChI is InChI=1S/C17H17ClF3N5OS/c1-25(2)7-4-6-22-16(27)14-13(18)15-23-10(11-5-3-8-28-11)9-12(17(19,20)21)26(15)24-14/h3,5,8-9H,4,6-7H2,1-2H3,(H,22,27). The molecule has 0 unspecified atom stereocenters. The molecule has 0 aliphatic carbocycles. The van der Waals surface area contributed by atoms with Gasteiger partial charge < -0.3 is 10.2 Å². The molecule has 0 saturated heterocycles. The molecule has 1 N–H and O–H groups in total. The summed E-state index contributed by atoms with van der Waals surface area (Å²) in [5, 5.41) is 7.94. The summed E-state index contributed by atoms with van der Waals surface area (Å²) < 4.78 is 41.3. The molecule has 3 aromatic heterocycles. The van der Waals surface area contributed by atoms with Crippen molar-refractivity contribution in [2.75, 3.05) is 27.2 Å². The molecule has 11 heteroatoms. The third kappa shape index (κ3) is 4.29. The van der Waals surface area contributed by atoms with E-state index in [2.05, 4.69) is 15.4 Å². The van der Waals surface area contributed by atoms with Crippen molar-refractivity contribution >= 4 is 34.5 Å². The summed E-state index contributed by atoms with van der Waals surface area (Å²) in [6.07, 6.45) is -4.01. The van der Waals surface area contributed by atoms with Gasteiger partial charge in [-0.05, 0) is 44.6 Å². The minimum absolute atomic E-state index is 0.120. The van der Waals surface area contributed by atoms with Crippen molar-refractivity contribution in [3.05, 3.63) is 40.0 Å². The van der Waals surface area contributed by atoms with Crippen molar-refractivity contribution in [3.8, 4) is 10.6 Å². The average molecular weight is 432 g/mol. The van der Waals surface area contributed by atoms with E-state index < -0.39 is 17.8 Å². The van der Waals surface area contributed by atoms with Gasteiger partial charge in [0.25, 0.3) is 5.91 Å². The molecule has 3 heterocycles. The van der Waals surface area contributed by atoms with E-state index in [0.29, 0.717) is 22.4 Å². The van der Waals surface area contributed by atoms with Gasteiger partial charge in [0.15, 0.2) is 17.0 Å². The van der Waals surface area contributed by atoms with E-state index in [1.807, 2.05) is 19.0 Å². The molecule has 1 amide bonds. The number of nitrogens with one attached hydrogen (secondary N) is 1. The van der Waals surface area contributed by atoms with Crippen molar-refractivity contribution < 1.29 is 18.0 Å². The largest absolute Gasteiger partial charge is 0.433 e. The lowest BCUT2D eigenvalue weighted by atomic mass is 10.2. The molecule has 28 heavy (non-hydrogen) atoms. The van der Waals surface area contributed by atoms with Crippen LogP contribution in [0.3, 0.4) is 0 Å². The van der Waals surface area contributed by atoms with Crippen LogP contribution in [0.5, 0.6) is 0 Å². The first-order valence-corrected chi connectivity index (χ1v) is 9.57. The Hall–Kier alpha value is -2.17. The van der Waals surface area contributed by atoms with Crippen LogP contribution < -0.4 is 5.32 Å². The Morgan fingerprint density at radius 2 is 2.14 bits per heavy atom. The average Bonchev–Trinajstić information content (AvgIpc) is 3.25. The zero-order valence-electron chi connectivity index (χ0n) is 15.0. The second-order valence-corrected chi connectivity index (χ2v) is 7.64. The molecule has 6 nitrogen and oxygen atoms in total. The quantitative estimate of drug-likeness (QED) is 0.603. The molecule has 0 spiro atoms. The first-order chi connectivity index (χ1) is 13.2. The van der Waals surface area contributed by atoms with Crippen LogP contribution in [-0.2, 0) is 6.18 Å². The Balaban J connectivity index is 2.00. The van der Waals surface area contributed by atoms with Crippen LogP contribution in [0.4, 0.5) is 13.2 Å². The van der Waals surface area contributed by atoms with E-state index >= 15 is 0 Å². The number of rotatable bonds is 6. The fourth-order valence-corrected chi connectivity index (χ4v) is 3.50. The highest BCUT2D eigenvalue weighted by atomic mass is 35.5. The first kappa shape index (κ1) is 20.6. The number of carbonyl (C=O) groups excluding carboxylic acids is 1. The van der Waals surface area contributed by atoms with Gasteiger partial charge in [-0.15, -0.1) is 11.3 Å². The summed E-state index contributed by atoms with van der Waals surface area (Å²) in [5.41, 5.74) is -1.42. The van der Waals surface area contributed by atoms with Crippen LogP contribution in [0.2, 0.25) is 5.02 Å². The lowest BCUT2D eigenvalue weighted by Gasteiger charge is -2.10. The molecule has 150 valence electrons. The third-order valence-corrected chi connectivity index (χ3v) is 5.12. The molecule has 0 aliphatic rings. The van der Waals surface area contributed by atoms with Gasteiger partial charge in [0.1, 0.15) is 5.02 Å². The predicted octanol–water partition coefficient (Wildman–Crippen LogP) is 3.81. The van der Waals surface area contributed by atoms with Crippen LogP contribution in [0.15, 0.2) is 23.6 Å². The zero-order chi connectivity index (χ0) is 20.5. The zero-order valence-corrected chi connectivity index (χ0v) is 16.6. The van der Waals surface area contributed by atoms with E-state index in [9.17, 15) is 18.0 Å². The highest BCUT2D eigenvalue weighted by Gasteiger charge is 2.36. The maximum atomic E-state index is 13.6. The van der Waals surface area contributed by atoms with Gasteiger partial charge in [-0.2, -0.15) is 18.3 Å². The highest BCUT2D eigenvalue weighted by Crippen LogP contribution is 2.35. The molecular weight excluding hydrogens is 415 g/mol. The van der Waals surface area contributed by atoms with Crippen molar-refractivity contribution in [1.82, 2.24) is 24.8 Å². The van der Waals surface area contributed by atoms with Crippen LogP contribution >= 0.6 is 22.9 Å². The van der Waals surface area contributed by atoms with Crippen LogP contribution in [0, 0.1) is 0 Å². The minimum Gasteiger partial charge on any atom is -0.351 e. The van der Waals surface area contributed by atoms with E-state index in [-0.39, 0.29) is 22.1 Å². The van der Waals surface area contributed by atoms with Gasteiger partial charge in [-0.1, -0.05) is 17.7 Å². The van der Waals surface area contributed by atoms with Gasteiger partial charge in [-0.3, -0.25) is 4.79 Å².